The highest BCUT2D eigenvalue weighted by atomic mass is 32.1. The molecular formula is C30H34N2O5S. The van der Waals surface area contributed by atoms with E-state index in [1.165, 1.54) is 4.90 Å². The Kier molecular flexibility index (Phi) is 9.85. The molecule has 0 saturated heterocycles. The van der Waals surface area contributed by atoms with Crippen LogP contribution in [0.1, 0.15) is 51.8 Å². The first kappa shape index (κ1) is 28.7. The van der Waals surface area contributed by atoms with E-state index in [2.05, 4.69) is 11.9 Å². The van der Waals surface area contributed by atoms with E-state index in [-0.39, 0.29) is 29.3 Å². The molecule has 7 nitrogen and oxygen atoms in total. The topological polar surface area (TPSA) is 77.1 Å². The fourth-order valence-corrected chi connectivity index (χ4v) is 4.49. The van der Waals surface area contributed by atoms with Gasteiger partial charge in [-0.3, -0.25) is 9.69 Å². The number of hydrogen-bond donors (Lipinski definition) is 1. The van der Waals surface area contributed by atoms with Crippen molar-refractivity contribution < 1.29 is 23.8 Å². The van der Waals surface area contributed by atoms with Gasteiger partial charge in [0.25, 0.3) is 5.91 Å². The molecule has 1 N–H and O–H groups in total. The average molecular weight is 535 g/mol. The van der Waals surface area contributed by atoms with Crippen molar-refractivity contribution in [3.63, 3.8) is 0 Å². The minimum Gasteiger partial charge on any atom is -0.491 e. The first-order chi connectivity index (χ1) is 18.2. The summed E-state index contributed by atoms with van der Waals surface area (Å²) in [5, 5.41) is 3.20. The summed E-state index contributed by atoms with van der Waals surface area (Å²) in [6.07, 6.45) is 3.27. The molecule has 1 heterocycles. The van der Waals surface area contributed by atoms with Crippen LogP contribution < -0.4 is 14.8 Å². The smallest absolute Gasteiger partial charge is 0.338 e. The molecule has 8 heteroatoms. The molecule has 0 bridgehead atoms. The lowest BCUT2D eigenvalue weighted by molar-refractivity contribution is -0.139. The van der Waals surface area contributed by atoms with Crippen LogP contribution in [0.25, 0.3) is 6.08 Å². The highest BCUT2D eigenvalue weighted by molar-refractivity contribution is 7.80. The number of para-hydroxylation sites is 2. The number of rotatable bonds is 10. The van der Waals surface area contributed by atoms with Gasteiger partial charge in [-0.1, -0.05) is 49.1 Å². The summed E-state index contributed by atoms with van der Waals surface area (Å²) in [5.41, 5.74) is 2.57. The minimum absolute atomic E-state index is 0.126. The Bertz CT molecular complexity index is 1280. The molecule has 1 atom stereocenters. The standard InChI is InChI=1S/C30H34N2O5S/c1-7-17-36-24-15-11-9-13-22(24)18-20(5)28(33)32-27(23-14-10-12-16-25(23)37-19(3)4)26(29(34)35-8-2)21(6)31-30(32)38/h7,9-16,18-19,27H,1,8,17H2,2-6H3,(H,31,38)/b20-18+. The molecule has 2 aromatic carbocycles. The maximum atomic E-state index is 14.0. The second kappa shape index (κ2) is 13.1. The molecule has 1 unspecified atom stereocenters. The Morgan fingerprint density at radius 2 is 1.79 bits per heavy atom. The number of hydrogen-bond acceptors (Lipinski definition) is 6. The van der Waals surface area contributed by atoms with E-state index >= 15 is 0 Å². The number of carbonyl (C=O) groups excluding carboxylic acids is 2. The first-order valence-corrected chi connectivity index (χ1v) is 12.9. The van der Waals surface area contributed by atoms with Gasteiger partial charge in [0.2, 0.25) is 0 Å². The molecule has 38 heavy (non-hydrogen) atoms. The van der Waals surface area contributed by atoms with Gasteiger partial charge in [-0.2, -0.15) is 0 Å². The number of benzene rings is 2. The molecule has 0 radical (unpaired) electrons. The lowest BCUT2D eigenvalue weighted by Crippen LogP contribution is -2.51. The summed E-state index contributed by atoms with van der Waals surface area (Å²) in [7, 11) is 0. The molecule has 0 aliphatic carbocycles. The maximum Gasteiger partial charge on any atom is 0.338 e. The van der Waals surface area contributed by atoms with Crippen LogP contribution in [0.5, 0.6) is 11.5 Å². The lowest BCUT2D eigenvalue weighted by atomic mass is 9.92. The third kappa shape index (κ3) is 6.50. The second-order valence-electron chi connectivity index (χ2n) is 8.94. The van der Waals surface area contributed by atoms with E-state index in [0.717, 1.165) is 5.56 Å². The monoisotopic (exact) mass is 534 g/mol. The van der Waals surface area contributed by atoms with Crippen molar-refractivity contribution in [2.24, 2.45) is 0 Å². The minimum atomic E-state index is -0.860. The van der Waals surface area contributed by atoms with E-state index in [4.69, 9.17) is 26.4 Å². The number of nitrogens with zero attached hydrogens (tertiary/aromatic N) is 1. The van der Waals surface area contributed by atoms with Crippen molar-refractivity contribution in [2.45, 2.75) is 46.8 Å². The summed E-state index contributed by atoms with van der Waals surface area (Å²) < 4.78 is 17.2. The van der Waals surface area contributed by atoms with E-state index < -0.39 is 12.0 Å². The zero-order valence-corrected chi connectivity index (χ0v) is 23.3. The molecule has 1 aliphatic heterocycles. The van der Waals surface area contributed by atoms with Gasteiger partial charge >= 0.3 is 5.97 Å². The number of thiocarbonyl (C=S) groups is 1. The number of amides is 1. The molecular weight excluding hydrogens is 500 g/mol. The predicted octanol–water partition coefficient (Wildman–Crippen LogP) is 5.74. The number of nitrogens with one attached hydrogen (secondary N) is 1. The van der Waals surface area contributed by atoms with Crippen molar-refractivity contribution in [2.75, 3.05) is 13.2 Å². The third-order valence-electron chi connectivity index (χ3n) is 5.72. The fourth-order valence-electron chi connectivity index (χ4n) is 4.15. The van der Waals surface area contributed by atoms with Gasteiger partial charge in [-0.25, -0.2) is 4.79 Å². The quantitative estimate of drug-likeness (QED) is 0.180. The molecule has 2 aromatic rings. The van der Waals surface area contributed by atoms with E-state index in [0.29, 0.717) is 34.9 Å². The molecule has 0 aromatic heterocycles. The van der Waals surface area contributed by atoms with Gasteiger partial charge in [0.15, 0.2) is 5.11 Å². The summed E-state index contributed by atoms with van der Waals surface area (Å²) in [6, 6.07) is 13.9. The molecule has 3 rings (SSSR count). The highest BCUT2D eigenvalue weighted by Gasteiger charge is 2.41. The highest BCUT2D eigenvalue weighted by Crippen LogP contribution is 2.40. The third-order valence-corrected chi connectivity index (χ3v) is 6.02. The van der Waals surface area contributed by atoms with E-state index in [1.807, 2.05) is 62.4 Å². The van der Waals surface area contributed by atoms with Gasteiger partial charge in [0.05, 0.1) is 18.3 Å². The van der Waals surface area contributed by atoms with Crippen LogP contribution in [0.2, 0.25) is 0 Å². The summed E-state index contributed by atoms with van der Waals surface area (Å²) in [6.45, 7) is 13.2. The van der Waals surface area contributed by atoms with Crippen molar-refractivity contribution in [3.8, 4) is 11.5 Å². The largest absolute Gasteiger partial charge is 0.491 e. The Morgan fingerprint density at radius 3 is 2.45 bits per heavy atom. The molecule has 1 amide bonds. The van der Waals surface area contributed by atoms with Crippen molar-refractivity contribution in [1.29, 1.82) is 0 Å². The van der Waals surface area contributed by atoms with Gasteiger partial charge in [-0.05, 0) is 65.0 Å². The van der Waals surface area contributed by atoms with Crippen LogP contribution >= 0.6 is 12.2 Å². The normalized spacial score (nSPS) is 15.7. The Labute approximate surface area is 229 Å². The Balaban J connectivity index is 2.15. The van der Waals surface area contributed by atoms with Gasteiger partial charge < -0.3 is 19.5 Å². The predicted molar refractivity (Wildman–Crippen MR) is 153 cm³/mol. The van der Waals surface area contributed by atoms with Crippen LogP contribution in [-0.4, -0.2) is 41.2 Å². The second-order valence-corrected chi connectivity index (χ2v) is 9.32. The van der Waals surface area contributed by atoms with Crippen molar-refractivity contribution in [1.82, 2.24) is 10.2 Å². The maximum absolute atomic E-state index is 14.0. The number of ether oxygens (including phenoxy) is 3. The summed E-state index contributed by atoms with van der Waals surface area (Å²) in [5.74, 6) is 0.259. The van der Waals surface area contributed by atoms with Crippen LogP contribution in [0.3, 0.4) is 0 Å². The zero-order chi connectivity index (χ0) is 27.8. The first-order valence-electron chi connectivity index (χ1n) is 12.5. The van der Waals surface area contributed by atoms with E-state index in [1.54, 1.807) is 32.9 Å². The van der Waals surface area contributed by atoms with E-state index in [9.17, 15) is 9.59 Å². The van der Waals surface area contributed by atoms with Crippen LogP contribution in [0.15, 0.2) is 78.0 Å². The summed E-state index contributed by atoms with van der Waals surface area (Å²) in [4.78, 5) is 28.7. The molecule has 0 saturated carbocycles. The molecule has 0 fully saturated rings. The van der Waals surface area contributed by atoms with Crippen molar-refractivity contribution >= 4 is 35.3 Å². The van der Waals surface area contributed by atoms with Crippen molar-refractivity contribution in [3.05, 3.63) is 89.2 Å². The Morgan fingerprint density at radius 1 is 1.13 bits per heavy atom. The lowest BCUT2D eigenvalue weighted by Gasteiger charge is -2.39. The molecule has 0 spiro atoms. The fraction of sp³-hybridized carbons (Fsp3) is 0.300. The molecule has 200 valence electrons. The summed E-state index contributed by atoms with van der Waals surface area (Å²) >= 11 is 5.66. The SMILES string of the molecule is C=CCOc1ccccc1/C=C(\C)C(=O)N1C(=S)NC(C)=C(C(=O)OCC)C1c1ccccc1OC(C)C. The van der Waals surface area contributed by atoms with Crippen LogP contribution in [0, 0.1) is 0 Å². The van der Waals surface area contributed by atoms with Gasteiger partial charge in [0.1, 0.15) is 24.1 Å². The van der Waals surface area contributed by atoms with Crippen LogP contribution in [0.4, 0.5) is 0 Å². The van der Waals surface area contributed by atoms with Gasteiger partial charge in [-0.15, -0.1) is 0 Å². The zero-order valence-electron chi connectivity index (χ0n) is 22.4. The number of allylic oxidation sites excluding steroid dienone is 1. The van der Waals surface area contributed by atoms with Gasteiger partial charge in [0, 0.05) is 22.4 Å². The number of esters is 1. The van der Waals surface area contributed by atoms with Crippen LogP contribution in [-0.2, 0) is 14.3 Å². The molecule has 1 aliphatic rings. The average Bonchev–Trinajstić information content (AvgIpc) is 2.87. The number of carbonyl (C=O) groups is 2. The Hall–Kier alpha value is -3.91.